The zero-order chi connectivity index (χ0) is 24.2. The van der Waals surface area contributed by atoms with Crippen LogP contribution in [0, 0.1) is 33.8 Å². The van der Waals surface area contributed by atoms with Gasteiger partial charge in [0, 0.05) is 24.5 Å². The first-order chi connectivity index (χ1) is 14.8. The van der Waals surface area contributed by atoms with E-state index < -0.39 is 52.4 Å². The molecule has 4 atom stereocenters. The number of esters is 2. The molecule has 1 N–H and O–H groups in total. The molecule has 0 radical (unpaired) electrons. The van der Waals surface area contributed by atoms with E-state index in [-0.39, 0.29) is 36.3 Å². The second-order valence-electron chi connectivity index (χ2n) is 9.38. The summed E-state index contributed by atoms with van der Waals surface area (Å²) in [5, 5.41) is 22.4. The Morgan fingerprint density at radius 1 is 1.16 bits per heavy atom. The van der Waals surface area contributed by atoms with Gasteiger partial charge >= 0.3 is 11.9 Å². The minimum atomic E-state index is -1.81. The fraction of sp³-hybridized carbons (Fsp3) is 0.609. The van der Waals surface area contributed by atoms with Crippen LogP contribution in [0.1, 0.15) is 52.5 Å². The Hall–Kier alpha value is -2.81. The van der Waals surface area contributed by atoms with E-state index in [1.165, 1.54) is 31.2 Å². The van der Waals surface area contributed by atoms with Gasteiger partial charge in [0.15, 0.2) is 5.78 Å². The molecule has 0 aromatic heterocycles. The molecule has 1 saturated carbocycles. The van der Waals surface area contributed by atoms with Crippen LogP contribution < -0.4 is 0 Å². The number of aliphatic hydroxyl groups is 1. The lowest BCUT2D eigenvalue weighted by Gasteiger charge is -2.43. The number of rotatable bonds is 8. The van der Waals surface area contributed by atoms with Crippen molar-refractivity contribution in [1.29, 1.82) is 0 Å². The fourth-order valence-corrected chi connectivity index (χ4v) is 3.94. The highest BCUT2D eigenvalue weighted by atomic mass is 16.6. The average Bonchev–Trinajstić information content (AvgIpc) is 2.69. The van der Waals surface area contributed by atoms with Gasteiger partial charge in [-0.2, -0.15) is 0 Å². The molecule has 1 aliphatic rings. The van der Waals surface area contributed by atoms with Gasteiger partial charge in [0.05, 0.1) is 29.7 Å². The van der Waals surface area contributed by atoms with Crippen LogP contribution in [0.4, 0.5) is 5.69 Å². The van der Waals surface area contributed by atoms with Crippen LogP contribution in [-0.4, -0.2) is 46.6 Å². The zero-order valence-electron chi connectivity index (χ0n) is 19.1. The number of nitro benzene ring substituents is 1. The Labute approximate surface area is 187 Å². The summed E-state index contributed by atoms with van der Waals surface area (Å²) >= 11 is 0. The highest BCUT2D eigenvalue weighted by molar-refractivity contribution is 6.02. The highest BCUT2D eigenvalue weighted by Crippen LogP contribution is 2.47. The largest absolute Gasteiger partial charge is 0.465 e. The summed E-state index contributed by atoms with van der Waals surface area (Å²) in [6.07, 6.45) is -0.443. The van der Waals surface area contributed by atoms with Gasteiger partial charge in [-0.3, -0.25) is 24.5 Å². The van der Waals surface area contributed by atoms with E-state index in [1.807, 2.05) is 27.7 Å². The molecule has 0 bridgehead atoms. The zero-order valence-corrected chi connectivity index (χ0v) is 19.1. The second-order valence-corrected chi connectivity index (χ2v) is 9.38. The number of non-ortho nitro benzene ring substituents is 1. The van der Waals surface area contributed by atoms with E-state index in [0.717, 1.165) is 0 Å². The minimum absolute atomic E-state index is 0.0174. The monoisotopic (exact) mass is 449 g/mol. The van der Waals surface area contributed by atoms with E-state index in [4.69, 9.17) is 9.47 Å². The van der Waals surface area contributed by atoms with Crippen molar-refractivity contribution in [2.75, 3.05) is 13.2 Å². The summed E-state index contributed by atoms with van der Waals surface area (Å²) in [5.74, 6) is -6.00. The molecule has 1 aromatic carbocycles. The van der Waals surface area contributed by atoms with Gasteiger partial charge in [0.1, 0.15) is 5.92 Å². The maximum atomic E-state index is 13.1. The lowest BCUT2D eigenvalue weighted by Crippen LogP contribution is -2.55. The van der Waals surface area contributed by atoms with Crippen LogP contribution in [-0.2, 0) is 23.9 Å². The first kappa shape index (κ1) is 25.5. The molecule has 1 aromatic rings. The summed E-state index contributed by atoms with van der Waals surface area (Å²) in [7, 11) is 0. The van der Waals surface area contributed by atoms with E-state index in [9.17, 15) is 29.6 Å². The number of benzene rings is 1. The molecule has 9 heteroatoms. The predicted molar refractivity (Wildman–Crippen MR) is 115 cm³/mol. The van der Waals surface area contributed by atoms with Crippen molar-refractivity contribution >= 4 is 23.4 Å². The van der Waals surface area contributed by atoms with Crippen molar-refractivity contribution < 1.29 is 33.9 Å². The lowest BCUT2D eigenvalue weighted by atomic mass is 9.61. The first-order valence-electron chi connectivity index (χ1n) is 10.7. The van der Waals surface area contributed by atoms with E-state index in [2.05, 4.69) is 0 Å². The Balaban J connectivity index is 2.60. The summed E-state index contributed by atoms with van der Waals surface area (Å²) in [5.41, 5.74) is -1.86. The molecular formula is C23H31NO8. The van der Waals surface area contributed by atoms with Crippen molar-refractivity contribution in [2.24, 2.45) is 23.7 Å². The lowest BCUT2D eigenvalue weighted by molar-refractivity contribution is -0.385. The summed E-state index contributed by atoms with van der Waals surface area (Å²) in [6, 6.07) is 5.39. The van der Waals surface area contributed by atoms with Crippen LogP contribution in [0.2, 0.25) is 0 Å². The Morgan fingerprint density at radius 2 is 1.72 bits per heavy atom. The number of Topliss-reactive ketones (excluding diaryl/α,β-unsaturated/α-hetero) is 1. The van der Waals surface area contributed by atoms with Crippen molar-refractivity contribution in [3.8, 4) is 0 Å². The molecule has 0 amide bonds. The van der Waals surface area contributed by atoms with Gasteiger partial charge in [-0.15, -0.1) is 0 Å². The van der Waals surface area contributed by atoms with Crippen LogP contribution in [0.3, 0.4) is 0 Å². The van der Waals surface area contributed by atoms with E-state index >= 15 is 0 Å². The summed E-state index contributed by atoms with van der Waals surface area (Å²) in [4.78, 5) is 49.7. The van der Waals surface area contributed by atoms with Gasteiger partial charge in [0.2, 0.25) is 0 Å². The SMILES string of the molecule is CC(C)COC(=O)C1C(=O)CC(C)(O)C(C(=O)OCC(C)C)C1c1cccc([N+](=O)[O-])c1. The molecule has 1 fully saturated rings. The van der Waals surface area contributed by atoms with Gasteiger partial charge in [-0.1, -0.05) is 39.8 Å². The van der Waals surface area contributed by atoms with Crippen molar-refractivity contribution in [3.05, 3.63) is 39.9 Å². The van der Waals surface area contributed by atoms with Gasteiger partial charge in [-0.05, 0) is 24.3 Å². The molecule has 2 rings (SSSR count). The molecule has 0 spiro atoms. The maximum absolute atomic E-state index is 13.1. The predicted octanol–water partition coefficient (Wildman–Crippen LogP) is 3.03. The number of hydrogen-bond donors (Lipinski definition) is 1. The third kappa shape index (κ3) is 5.91. The fourth-order valence-electron chi connectivity index (χ4n) is 3.94. The third-order valence-corrected chi connectivity index (χ3v) is 5.36. The van der Waals surface area contributed by atoms with Crippen LogP contribution >= 0.6 is 0 Å². The average molecular weight is 450 g/mol. The normalized spacial score (nSPS) is 25.6. The quantitative estimate of drug-likeness (QED) is 0.277. The molecule has 176 valence electrons. The van der Waals surface area contributed by atoms with Gasteiger partial charge in [0.25, 0.3) is 5.69 Å². The number of carbonyl (C=O) groups excluding carboxylic acids is 3. The number of nitro groups is 1. The standard InChI is InChI=1S/C23H31NO8/c1-13(2)11-31-21(26)19-17(25)10-23(5,28)20(22(27)32-12-14(3)4)18(19)15-7-6-8-16(9-15)24(29)30/h6-9,13-14,18-20,28H,10-12H2,1-5H3. The molecule has 32 heavy (non-hydrogen) atoms. The molecule has 0 saturated heterocycles. The minimum Gasteiger partial charge on any atom is -0.465 e. The van der Waals surface area contributed by atoms with E-state index in [0.29, 0.717) is 0 Å². The van der Waals surface area contributed by atoms with Crippen molar-refractivity contribution in [3.63, 3.8) is 0 Å². The van der Waals surface area contributed by atoms with Crippen molar-refractivity contribution in [2.45, 2.75) is 52.6 Å². The number of carbonyl (C=O) groups is 3. The summed E-state index contributed by atoms with van der Waals surface area (Å²) in [6.45, 7) is 8.87. The summed E-state index contributed by atoms with van der Waals surface area (Å²) < 4.78 is 10.7. The molecule has 0 aliphatic heterocycles. The molecule has 0 heterocycles. The second kappa shape index (κ2) is 10.2. The topological polar surface area (TPSA) is 133 Å². The van der Waals surface area contributed by atoms with Crippen LogP contribution in [0.5, 0.6) is 0 Å². The Bertz CT molecular complexity index is 877. The molecular weight excluding hydrogens is 418 g/mol. The molecule has 9 nitrogen and oxygen atoms in total. The first-order valence-corrected chi connectivity index (χ1v) is 10.7. The smallest absolute Gasteiger partial charge is 0.317 e. The number of hydrogen-bond acceptors (Lipinski definition) is 8. The highest BCUT2D eigenvalue weighted by Gasteiger charge is 2.57. The van der Waals surface area contributed by atoms with Gasteiger partial charge in [-0.25, -0.2) is 0 Å². The molecule has 1 aliphatic carbocycles. The van der Waals surface area contributed by atoms with E-state index in [1.54, 1.807) is 0 Å². The Kier molecular flexibility index (Phi) is 8.12. The van der Waals surface area contributed by atoms with Crippen molar-refractivity contribution in [1.82, 2.24) is 0 Å². The van der Waals surface area contributed by atoms with Crippen LogP contribution in [0.15, 0.2) is 24.3 Å². The maximum Gasteiger partial charge on any atom is 0.317 e. The number of ether oxygens (including phenoxy) is 2. The number of ketones is 1. The third-order valence-electron chi connectivity index (χ3n) is 5.36. The number of nitrogens with zero attached hydrogens (tertiary/aromatic N) is 1. The van der Waals surface area contributed by atoms with Gasteiger partial charge < -0.3 is 14.6 Å². The Morgan fingerprint density at radius 3 is 2.25 bits per heavy atom. The van der Waals surface area contributed by atoms with Crippen LogP contribution in [0.25, 0.3) is 0 Å². The molecule has 4 unspecified atom stereocenters.